The molecule has 0 atom stereocenters. The Bertz CT molecular complexity index is 1080. The zero-order valence-electron chi connectivity index (χ0n) is 13.9. The summed E-state index contributed by atoms with van der Waals surface area (Å²) >= 11 is 3.23. The van der Waals surface area contributed by atoms with E-state index in [1.54, 1.807) is 30.0 Å². The first-order valence-corrected chi connectivity index (χ1v) is 9.86. The molecule has 3 aromatic rings. The Balaban J connectivity index is 1.49. The van der Waals surface area contributed by atoms with Crippen LogP contribution in [0.4, 0.5) is 10.8 Å². The fourth-order valence-corrected chi connectivity index (χ4v) is 4.81. The number of aromatic nitrogens is 1. The van der Waals surface area contributed by atoms with Crippen LogP contribution >= 0.6 is 23.1 Å². The SMILES string of the molecule is O=C(C=Cc1cccc([N+](=O)[O-])c1)Nc1nc2c(s1)CSc1ccccc1-2. The summed E-state index contributed by atoms with van der Waals surface area (Å²) in [4.78, 5) is 29.4. The molecule has 2 aromatic carbocycles. The zero-order valence-corrected chi connectivity index (χ0v) is 15.5. The minimum atomic E-state index is -0.465. The molecule has 8 heteroatoms. The van der Waals surface area contributed by atoms with Crippen molar-refractivity contribution in [1.29, 1.82) is 0 Å². The van der Waals surface area contributed by atoms with Gasteiger partial charge in [0.1, 0.15) is 0 Å². The molecule has 0 bridgehead atoms. The number of nitrogens with zero attached hydrogens (tertiary/aromatic N) is 2. The molecule has 0 aliphatic carbocycles. The summed E-state index contributed by atoms with van der Waals surface area (Å²) < 4.78 is 0. The quantitative estimate of drug-likeness (QED) is 0.383. The highest BCUT2D eigenvalue weighted by atomic mass is 32.2. The van der Waals surface area contributed by atoms with Gasteiger partial charge in [-0.25, -0.2) is 4.98 Å². The summed E-state index contributed by atoms with van der Waals surface area (Å²) in [5.74, 6) is 0.511. The Morgan fingerprint density at radius 2 is 2.07 bits per heavy atom. The first kappa shape index (κ1) is 17.4. The van der Waals surface area contributed by atoms with Gasteiger partial charge in [-0.15, -0.1) is 23.1 Å². The molecular weight excluding hydrogens is 382 g/mol. The van der Waals surface area contributed by atoms with Gasteiger partial charge in [-0.2, -0.15) is 0 Å². The van der Waals surface area contributed by atoms with E-state index >= 15 is 0 Å². The van der Waals surface area contributed by atoms with Gasteiger partial charge in [0.2, 0.25) is 5.91 Å². The smallest absolute Gasteiger partial charge is 0.270 e. The summed E-state index contributed by atoms with van der Waals surface area (Å²) in [5.41, 5.74) is 2.59. The maximum atomic E-state index is 12.2. The third-order valence-corrected chi connectivity index (χ3v) is 6.19. The van der Waals surface area contributed by atoms with E-state index < -0.39 is 4.92 Å². The highest BCUT2D eigenvalue weighted by Crippen LogP contribution is 2.44. The molecule has 1 aliphatic rings. The van der Waals surface area contributed by atoms with Crippen LogP contribution in [0.25, 0.3) is 17.3 Å². The van der Waals surface area contributed by atoms with Gasteiger partial charge in [0.15, 0.2) is 5.13 Å². The number of hydrogen-bond acceptors (Lipinski definition) is 6. The normalized spacial score (nSPS) is 12.4. The first-order valence-electron chi connectivity index (χ1n) is 8.05. The molecule has 0 spiro atoms. The lowest BCUT2D eigenvalue weighted by Crippen LogP contribution is -2.07. The predicted molar refractivity (Wildman–Crippen MR) is 108 cm³/mol. The Kier molecular flexibility index (Phi) is 4.74. The number of nitro benzene ring substituents is 1. The number of nitro groups is 1. The van der Waals surface area contributed by atoms with E-state index in [2.05, 4.69) is 16.4 Å². The highest BCUT2D eigenvalue weighted by Gasteiger charge is 2.21. The number of carbonyl (C=O) groups is 1. The van der Waals surface area contributed by atoms with Gasteiger partial charge in [0.25, 0.3) is 5.69 Å². The second-order valence-corrected chi connectivity index (χ2v) is 7.85. The minimum Gasteiger partial charge on any atom is -0.298 e. The van der Waals surface area contributed by atoms with E-state index in [1.807, 2.05) is 18.2 Å². The number of hydrogen-bond donors (Lipinski definition) is 1. The number of amides is 1. The van der Waals surface area contributed by atoms with Crippen molar-refractivity contribution in [3.8, 4) is 11.3 Å². The van der Waals surface area contributed by atoms with Crippen molar-refractivity contribution in [1.82, 2.24) is 4.98 Å². The van der Waals surface area contributed by atoms with Crippen molar-refractivity contribution in [3.63, 3.8) is 0 Å². The topological polar surface area (TPSA) is 85.1 Å². The number of benzene rings is 2. The molecule has 1 aliphatic heterocycles. The molecule has 4 rings (SSSR count). The van der Waals surface area contributed by atoms with Gasteiger partial charge < -0.3 is 0 Å². The third kappa shape index (κ3) is 3.76. The third-order valence-electron chi connectivity index (χ3n) is 3.94. The molecular formula is C19H13N3O3S2. The standard InChI is InChI=1S/C19H13N3O3S2/c23-17(9-8-12-4-3-5-13(10-12)22(24)25)20-19-21-18-14-6-1-2-7-15(14)26-11-16(18)27-19/h1-10H,11H2,(H,20,21,23). The van der Waals surface area contributed by atoms with Crippen LogP contribution in [0.15, 0.2) is 59.5 Å². The molecule has 1 amide bonds. The lowest BCUT2D eigenvalue weighted by atomic mass is 10.1. The minimum absolute atomic E-state index is 0.0127. The summed E-state index contributed by atoms with van der Waals surface area (Å²) in [6.45, 7) is 0. The molecule has 0 unspecified atom stereocenters. The molecule has 27 heavy (non-hydrogen) atoms. The van der Waals surface area contributed by atoms with Crippen molar-refractivity contribution >= 4 is 45.9 Å². The molecule has 0 radical (unpaired) electrons. The average Bonchev–Trinajstić information content (AvgIpc) is 3.09. The average molecular weight is 395 g/mol. The van der Waals surface area contributed by atoms with E-state index in [4.69, 9.17) is 0 Å². The van der Waals surface area contributed by atoms with Gasteiger partial charge in [0.05, 0.1) is 10.6 Å². The summed E-state index contributed by atoms with van der Waals surface area (Å²) in [7, 11) is 0. The van der Waals surface area contributed by atoms with Crippen LogP contribution in [0, 0.1) is 10.1 Å². The molecule has 0 saturated carbocycles. The second kappa shape index (κ2) is 7.34. The number of rotatable bonds is 4. The van der Waals surface area contributed by atoms with E-state index in [0.717, 1.165) is 21.9 Å². The number of nitrogens with one attached hydrogen (secondary N) is 1. The first-order chi connectivity index (χ1) is 13.1. The molecule has 0 fully saturated rings. The number of carbonyl (C=O) groups excluding carboxylic acids is 1. The van der Waals surface area contributed by atoms with Crippen LogP contribution in [0.2, 0.25) is 0 Å². The van der Waals surface area contributed by atoms with Gasteiger partial charge in [-0.05, 0) is 17.7 Å². The fraction of sp³-hybridized carbons (Fsp3) is 0.0526. The maximum absolute atomic E-state index is 12.2. The Hall–Kier alpha value is -2.97. The monoisotopic (exact) mass is 395 g/mol. The van der Waals surface area contributed by atoms with Gasteiger partial charge >= 0.3 is 0 Å². The van der Waals surface area contributed by atoms with Crippen molar-refractivity contribution in [2.24, 2.45) is 0 Å². The number of thioether (sulfide) groups is 1. The maximum Gasteiger partial charge on any atom is 0.270 e. The molecule has 6 nitrogen and oxygen atoms in total. The molecule has 1 N–H and O–H groups in total. The number of non-ortho nitro benzene ring substituents is 1. The Morgan fingerprint density at radius 3 is 2.93 bits per heavy atom. The number of fused-ring (bicyclic) bond motifs is 3. The van der Waals surface area contributed by atoms with Gasteiger partial charge in [-0.1, -0.05) is 30.3 Å². The van der Waals surface area contributed by atoms with E-state index in [-0.39, 0.29) is 11.6 Å². The van der Waals surface area contributed by atoms with Gasteiger partial charge in [0, 0.05) is 39.3 Å². The molecule has 134 valence electrons. The lowest BCUT2D eigenvalue weighted by molar-refractivity contribution is -0.384. The van der Waals surface area contributed by atoms with Crippen LogP contribution in [0.1, 0.15) is 10.4 Å². The van der Waals surface area contributed by atoms with Crippen LogP contribution in [0.5, 0.6) is 0 Å². The summed E-state index contributed by atoms with van der Waals surface area (Å²) in [5, 5.41) is 14.1. The summed E-state index contributed by atoms with van der Waals surface area (Å²) in [6, 6.07) is 14.2. The lowest BCUT2D eigenvalue weighted by Gasteiger charge is -2.13. The molecule has 0 saturated heterocycles. The van der Waals surface area contributed by atoms with Crippen LogP contribution in [-0.4, -0.2) is 15.8 Å². The number of thiazole rings is 1. The molecule has 1 aromatic heterocycles. The van der Waals surface area contributed by atoms with Crippen molar-refractivity contribution in [2.75, 3.05) is 5.32 Å². The largest absolute Gasteiger partial charge is 0.298 e. The van der Waals surface area contributed by atoms with Crippen LogP contribution < -0.4 is 5.32 Å². The number of anilines is 1. The highest BCUT2D eigenvalue weighted by molar-refractivity contribution is 7.98. The van der Waals surface area contributed by atoms with Crippen molar-refractivity contribution < 1.29 is 9.72 Å². The van der Waals surface area contributed by atoms with E-state index in [0.29, 0.717) is 10.7 Å². The fourth-order valence-electron chi connectivity index (χ4n) is 2.71. The van der Waals surface area contributed by atoms with Gasteiger partial charge in [-0.3, -0.25) is 20.2 Å². The Morgan fingerprint density at radius 1 is 1.22 bits per heavy atom. The van der Waals surface area contributed by atoms with Crippen LogP contribution in [-0.2, 0) is 10.5 Å². The Labute approximate surface area is 163 Å². The van der Waals surface area contributed by atoms with Crippen molar-refractivity contribution in [2.45, 2.75) is 10.6 Å². The second-order valence-electron chi connectivity index (χ2n) is 5.75. The van der Waals surface area contributed by atoms with E-state index in [1.165, 1.54) is 34.4 Å². The van der Waals surface area contributed by atoms with Crippen molar-refractivity contribution in [3.05, 3.63) is 75.2 Å². The van der Waals surface area contributed by atoms with E-state index in [9.17, 15) is 14.9 Å². The summed E-state index contributed by atoms with van der Waals surface area (Å²) in [6.07, 6.45) is 2.89. The zero-order chi connectivity index (χ0) is 18.8. The predicted octanol–water partition coefficient (Wildman–Crippen LogP) is 4.98. The van der Waals surface area contributed by atoms with Crippen LogP contribution in [0.3, 0.4) is 0 Å². The molecule has 2 heterocycles.